The van der Waals surface area contributed by atoms with E-state index in [9.17, 15) is 14.3 Å². The highest BCUT2D eigenvalue weighted by Gasteiger charge is 2.15. The first-order chi connectivity index (χ1) is 9.31. The van der Waals surface area contributed by atoms with Gasteiger partial charge in [0.15, 0.2) is 0 Å². The van der Waals surface area contributed by atoms with Crippen LogP contribution in [0.4, 0.5) is 4.39 Å². The molecule has 1 amide bonds. The van der Waals surface area contributed by atoms with Crippen molar-refractivity contribution in [1.29, 1.82) is 0 Å². The van der Waals surface area contributed by atoms with E-state index < -0.39 is 11.9 Å². The molecule has 0 aliphatic carbocycles. The lowest BCUT2D eigenvalue weighted by atomic mass is 9.94. The van der Waals surface area contributed by atoms with E-state index in [0.717, 1.165) is 0 Å². The van der Waals surface area contributed by atoms with Gasteiger partial charge >= 0.3 is 0 Å². The number of amides is 1. The monoisotopic (exact) mass is 301 g/mol. The van der Waals surface area contributed by atoms with Gasteiger partial charge in [-0.15, -0.1) is 0 Å². The first kappa shape index (κ1) is 16.9. The topological polar surface area (TPSA) is 49.3 Å². The van der Waals surface area contributed by atoms with Crippen LogP contribution in [0, 0.1) is 17.7 Å². The Kier molecular flexibility index (Phi) is 6.43. The van der Waals surface area contributed by atoms with Crippen molar-refractivity contribution in [2.45, 2.75) is 33.3 Å². The van der Waals surface area contributed by atoms with Crippen molar-refractivity contribution in [2.24, 2.45) is 11.8 Å². The first-order valence-corrected chi connectivity index (χ1v) is 7.08. The highest BCUT2D eigenvalue weighted by atomic mass is 35.5. The van der Waals surface area contributed by atoms with Crippen molar-refractivity contribution >= 4 is 17.5 Å². The Morgan fingerprint density at radius 2 is 2.05 bits per heavy atom. The quantitative estimate of drug-likeness (QED) is 0.847. The second-order valence-corrected chi connectivity index (χ2v) is 5.83. The predicted octanol–water partition coefficient (Wildman–Crippen LogP) is 3.31. The lowest BCUT2D eigenvalue weighted by Crippen LogP contribution is -2.30. The zero-order valence-electron chi connectivity index (χ0n) is 12.0. The zero-order chi connectivity index (χ0) is 15.3. The van der Waals surface area contributed by atoms with Crippen molar-refractivity contribution in [1.82, 2.24) is 5.32 Å². The average molecular weight is 302 g/mol. The number of carbonyl (C=O) groups excluding carboxylic acids is 1. The van der Waals surface area contributed by atoms with Crippen LogP contribution >= 0.6 is 11.6 Å². The minimum atomic E-state index is -0.944. The molecule has 0 fully saturated rings. The SMILES string of the molecule is CC(C)C(C)CC(=O)NCC(O)c1ccc(Cl)c(F)c1. The van der Waals surface area contributed by atoms with Gasteiger partial charge in [-0.25, -0.2) is 4.39 Å². The Hall–Kier alpha value is -1.13. The van der Waals surface area contributed by atoms with Gasteiger partial charge in [0.2, 0.25) is 5.91 Å². The molecular formula is C15H21ClFNO2. The van der Waals surface area contributed by atoms with Gasteiger partial charge in [0.1, 0.15) is 5.82 Å². The molecule has 0 aliphatic rings. The molecule has 1 aromatic rings. The number of benzene rings is 1. The van der Waals surface area contributed by atoms with Crippen LogP contribution in [-0.4, -0.2) is 17.6 Å². The standard InChI is InChI=1S/C15H21ClFNO2/c1-9(2)10(3)6-15(20)18-8-14(19)11-4-5-12(16)13(17)7-11/h4-5,7,9-10,14,19H,6,8H2,1-3H3,(H,18,20). The Bertz CT molecular complexity index is 465. The fourth-order valence-electron chi connectivity index (χ4n) is 1.65. The molecule has 0 radical (unpaired) electrons. The molecule has 0 spiro atoms. The van der Waals surface area contributed by atoms with Crippen LogP contribution in [0.3, 0.4) is 0 Å². The van der Waals surface area contributed by atoms with E-state index in [4.69, 9.17) is 11.6 Å². The molecule has 1 rings (SSSR count). The van der Waals surface area contributed by atoms with E-state index in [1.807, 2.05) is 6.92 Å². The number of aliphatic hydroxyl groups is 1. The van der Waals surface area contributed by atoms with Crippen molar-refractivity contribution in [3.63, 3.8) is 0 Å². The largest absolute Gasteiger partial charge is 0.387 e. The van der Waals surface area contributed by atoms with E-state index in [-0.39, 0.29) is 23.4 Å². The number of halogens is 2. The number of aliphatic hydroxyl groups excluding tert-OH is 1. The van der Waals surface area contributed by atoms with Gasteiger partial charge in [-0.05, 0) is 29.5 Å². The molecular weight excluding hydrogens is 281 g/mol. The predicted molar refractivity (Wildman–Crippen MR) is 78.0 cm³/mol. The average Bonchev–Trinajstić information content (AvgIpc) is 2.39. The number of rotatable bonds is 6. The van der Waals surface area contributed by atoms with Crippen LogP contribution in [-0.2, 0) is 4.79 Å². The summed E-state index contributed by atoms with van der Waals surface area (Å²) in [6.07, 6.45) is -0.528. The maximum absolute atomic E-state index is 13.3. The highest BCUT2D eigenvalue weighted by Crippen LogP contribution is 2.20. The third-order valence-electron chi connectivity index (χ3n) is 3.47. The van der Waals surface area contributed by atoms with E-state index in [1.54, 1.807) is 6.07 Å². The Balaban J connectivity index is 2.48. The summed E-state index contributed by atoms with van der Waals surface area (Å²) in [6.45, 7) is 6.19. The zero-order valence-corrected chi connectivity index (χ0v) is 12.7. The summed E-state index contributed by atoms with van der Waals surface area (Å²) < 4.78 is 13.3. The number of carbonyl (C=O) groups is 1. The Morgan fingerprint density at radius 1 is 1.40 bits per heavy atom. The molecule has 2 N–H and O–H groups in total. The Morgan fingerprint density at radius 3 is 2.60 bits per heavy atom. The van der Waals surface area contributed by atoms with Crippen LogP contribution < -0.4 is 5.32 Å². The molecule has 5 heteroatoms. The molecule has 3 nitrogen and oxygen atoms in total. The molecule has 0 aromatic heterocycles. The summed E-state index contributed by atoms with van der Waals surface area (Å²) in [5.41, 5.74) is 0.393. The smallest absolute Gasteiger partial charge is 0.220 e. The highest BCUT2D eigenvalue weighted by molar-refractivity contribution is 6.30. The van der Waals surface area contributed by atoms with Gasteiger partial charge < -0.3 is 10.4 Å². The van der Waals surface area contributed by atoms with E-state index >= 15 is 0 Å². The fourth-order valence-corrected chi connectivity index (χ4v) is 1.77. The van der Waals surface area contributed by atoms with E-state index in [0.29, 0.717) is 17.9 Å². The van der Waals surface area contributed by atoms with Crippen LogP contribution in [0.25, 0.3) is 0 Å². The number of nitrogens with one attached hydrogen (secondary N) is 1. The molecule has 0 bridgehead atoms. The maximum Gasteiger partial charge on any atom is 0.220 e. The molecule has 112 valence electrons. The minimum Gasteiger partial charge on any atom is -0.387 e. The third kappa shape index (κ3) is 5.10. The summed E-state index contributed by atoms with van der Waals surface area (Å²) in [5.74, 6) is 0.0128. The van der Waals surface area contributed by atoms with Crippen molar-refractivity contribution in [3.05, 3.63) is 34.6 Å². The Labute approximate surface area is 124 Å². The molecule has 1 aromatic carbocycles. The lowest BCUT2D eigenvalue weighted by molar-refractivity contribution is -0.122. The second-order valence-electron chi connectivity index (χ2n) is 5.42. The van der Waals surface area contributed by atoms with Gasteiger partial charge in [-0.3, -0.25) is 4.79 Å². The van der Waals surface area contributed by atoms with E-state index in [2.05, 4.69) is 19.2 Å². The molecule has 0 heterocycles. The van der Waals surface area contributed by atoms with Gasteiger partial charge in [-0.1, -0.05) is 38.4 Å². The van der Waals surface area contributed by atoms with Crippen LogP contribution in [0.5, 0.6) is 0 Å². The number of hydrogen-bond donors (Lipinski definition) is 2. The summed E-state index contributed by atoms with van der Waals surface area (Å²) >= 11 is 5.57. The van der Waals surface area contributed by atoms with Crippen molar-refractivity contribution in [3.8, 4) is 0 Å². The summed E-state index contributed by atoms with van der Waals surface area (Å²) in [6, 6.07) is 4.10. The van der Waals surface area contributed by atoms with Crippen LogP contribution in [0.15, 0.2) is 18.2 Å². The summed E-state index contributed by atoms with van der Waals surface area (Å²) in [4.78, 5) is 11.7. The normalized spacial score (nSPS) is 14.2. The van der Waals surface area contributed by atoms with Gasteiger partial charge in [-0.2, -0.15) is 0 Å². The van der Waals surface area contributed by atoms with Crippen LogP contribution in [0.2, 0.25) is 5.02 Å². The molecule has 2 atom stereocenters. The summed E-state index contributed by atoms with van der Waals surface area (Å²) in [5, 5.41) is 12.6. The lowest BCUT2D eigenvalue weighted by Gasteiger charge is -2.16. The van der Waals surface area contributed by atoms with Crippen LogP contribution in [0.1, 0.15) is 38.9 Å². The molecule has 20 heavy (non-hydrogen) atoms. The van der Waals surface area contributed by atoms with Crippen molar-refractivity contribution < 1.29 is 14.3 Å². The molecule has 0 aliphatic heterocycles. The number of hydrogen-bond acceptors (Lipinski definition) is 2. The minimum absolute atomic E-state index is 0.00995. The molecule has 0 saturated heterocycles. The van der Waals surface area contributed by atoms with Gasteiger partial charge in [0.05, 0.1) is 11.1 Å². The molecule has 0 saturated carbocycles. The molecule has 2 unspecified atom stereocenters. The first-order valence-electron chi connectivity index (χ1n) is 6.71. The van der Waals surface area contributed by atoms with Gasteiger partial charge in [0.25, 0.3) is 0 Å². The third-order valence-corrected chi connectivity index (χ3v) is 3.77. The van der Waals surface area contributed by atoms with Gasteiger partial charge in [0, 0.05) is 13.0 Å². The van der Waals surface area contributed by atoms with Crippen molar-refractivity contribution in [2.75, 3.05) is 6.54 Å². The second kappa shape index (κ2) is 7.60. The summed E-state index contributed by atoms with van der Waals surface area (Å²) in [7, 11) is 0. The van der Waals surface area contributed by atoms with E-state index in [1.165, 1.54) is 12.1 Å². The maximum atomic E-state index is 13.3. The fraction of sp³-hybridized carbons (Fsp3) is 0.533.